The van der Waals surface area contributed by atoms with E-state index in [9.17, 15) is 5.26 Å². The van der Waals surface area contributed by atoms with E-state index in [0.717, 1.165) is 17.1 Å². The van der Waals surface area contributed by atoms with Gasteiger partial charge < -0.3 is 4.90 Å². The second-order valence-corrected chi connectivity index (χ2v) is 6.10. The number of anilines is 3. The van der Waals surface area contributed by atoms with Crippen LogP contribution >= 0.6 is 0 Å². The van der Waals surface area contributed by atoms with Crippen molar-refractivity contribution in [3.05, 3.63) is 94.8 Å². The number of hydrogen-bond acceptors (Lipinski definition) is 2. The smallest absolute Gasteiger partial charge is 0.188 e. The molecule has 0 atom stereocenters. The fraction of sp³-hybridized carbons (Fsp3) is 0.0909. The average Bonchev–Trinajstić information content (AvgIpc) is 2.68. The average molecular weight is 321 g/mol. The molecule has 0 amide bonds. The van der Waals surface area contributed by atoms with Gasteiger partial charge in [0.05, 0.1) is 23.9 Å². The van der Waals surface area contributed by atoms with E-state index in [2.05, 4.69) is 59.1 Å². The molecule has 3 aromatic carbocycles. The first-order valence-electron chi connectivity index (χ1n) is 8.14. The van der Waals surface area contributed by atoms with Gasteiger partial charge in [0.25, 0.3) is 0 Å². The Morgan fingerprint density at radius 3 is 2.08 bits per heavy atom. The largest absolute Gasteiger partial charge is 0.309 e. The molecule has 0 aromatic heterocycles. The van der Waals surface area contributed by atoms with Crippen LogP contribution in [0.2, 0.25) is 0 Å². The molecule has 3 nitrogen and oxygen atoms in total. The Morgan fingerprint density at radius 1 is 0.920 bits per heavy atom. The van der Waals surface area contributed by atoms with Gasteiger partial charge in [0.15, 0.2) is 5.69 Å². The lowest BCUT2D eigenvalue weighted by atomic mass is 9.86. The van der Waals surface area contributed by atoms with Crippen molar-refractivity contribution < 1.29 is 0 Å². The van der Waals surface area contributed by atoms with Gasteiger partial charge in [0.1, 0.15) is 0 Å². The highest BCUT2D eigenvalue weighted by atomic mass is 15.2. The summed E-state index contributed by atoms with van der Waals surface area (Å²) < 4.78 is 0. The maximum Gasteiger partial charge on any atom is 0.188 e. The van der Waals surface area contributed by atoms with Gasteiger partial charge in [-0.25, -0.2) is 4.85 Å². The third kappa shape index (κ3) is 2.26. The van der Waals surface area contributed by atoms with E-state index in [-0.39, 0.29) is 5.92 Å². The molecular formula is C22H15N3. The standard InChI is InChI=1S/C22H15N3/c1-15-18-7-3-5-9-21(18)25(22-10-6-4-8-19(15)22)20-12-11-17(24-2)13-16(20)14-23/h3-13,15H,1H3. The van der Waals surface area contributed by atoms with Crippen LogP contribution in [0.25, 0.3) is 4.85 Å². The molecule has 118 valence electrons. The van der Waals surface area contributed by atoms with Gasteiger partial charge in [-0.2, -0.15) is 5.26 Å². The van der Waals surface area contributed by atoms with E-state index in [1.807, 2.05) is 18.2 Å². The highest BCUT2D eigenvalue weighted by Gasteiger charge is 2.29. The van der Waals surface area contributed by atoms with Crippen molar-refractivity contribution in [1.29, 1.82) is 5.26 Å². The number of para-hydroxylation sites is 2. The van der Waals surface area contributed by atoms with E-state index in [4.69, 9.17) is 6.57 Å². The van der Waals surface area contributed by atoms with E-state index in [1.54, 1.807) is 12.1 Å². The Labute approximate surface area is 147 Å². The highest BCUT2D eigenvalue weighted by Crippen LogP contribution is 2.49. The molecule has 0 bridgehead atoms. The van der Waals surface area contributed by atoms with Crippen molar-refractivity contribution in [3.8, 4) is 6.07 Å². The van der Waals surface area contributed by atoms with Crippen LogP contribution in [0, 0.1) is 17.9 Å². The molecule has 1 aliphatic rings. The molecule has 3 heteroatoms. The molecule has 1 aliphatic heterocycles. The Hall–Kier alpha value is -3.56. The van der Waals surface area contributed by atoms with E-state index in [1.165, 1.54) is 11.1 Å². The van der Waals surface area contributed by atoms with Crippen molar-refractivity contribution in [1.82, 2.24) is 0 Å². The monoisotopic (exact) mass is 321 g/mol. The fourth-order valence-corrected chi connectivity index (χ4v) is 3.55. The summed E-state index contributed by atoms with van der Waals surface area (Å²) in [6, 6.07) is 24.2. The van der Waals surface area contributed by atoms with Gasteiger partial charge in [0.2, 0.25) is 0 Å². The molecule has 1 heterocycles. The number of nitrogens with zero attached hydrogens (tertiary/aromatic N) is 3. The Bertz CT molecular complexity index is 1010. The molecule has 0 saturated heterocycles. The predicted octanol–water partition coefficient (Wildman–Crippen LogP) is 6.04. The van der Waals surface area contributed by atoms with Gasteiger partial charge in [-0.1, -0.05) is 49.4 Å². The van der Waals surface area contributed by atoms with Gasteiger partial charge in [-0.3, -0.25) is 0 Å². The van der Waals surface area contributed by atoms with Crippen LogP contribution in [0.4, 0.5) is 22.7 Å². The molecule has 0 radical (unpaired) electrons. The summed E-state index contributed by atoms with van der Waals surface area (Å²) in [6.45, 7) is 9.40. The third-order valence-corrected chi connectivity index (χ3v) is 4.76. The molecule has 25 heavy (non-hydrogen) atoms. The third-order valence-electron chi connectivity index (χ3n) is 4.76. The number of fused-ring (bicyclic) bond motifs is 2. The van der Waals surface area contributed by atoms with Gasteiger partial charge >= 0.3 is 0 Å². The summed E-state index contributed by atoms with van der Waals surface area (Å²) in [5.41, 5.74) is 6.43. The molecule has 0 unspecified atom stereocenters. The summed E-state index contributed by atoms with van der Waals surface area (Å²) >= 11 is 0. The lowest BCUT2D eigenvalue weighted by Gasteiger charge is -2.37. The first-order chi connectivity index (χ1) is 12.2. The molecule has 0 aliphatic carbocycles. The highest BCUT2D eigenvalue weighted by molar-refractivity contribution is 5.87. The molecule has 0 N–H and O–H groups in total. The summed E-state index contributed by atoms with van der Waals surface area (Å²) in [7, 11) is 0. The zero-order valence-electron chi connectivity index (χ0n) is 13.8. The van der Waals surface area contributed by atoms with E-state index < -0.39 is 0 Å². The zero-order chi connectivity index (χ0) is 17.4. The second kappa shape index (κ2) is 5.82. The first kappa shape index (κ1) is 15.0. The predicted molar refractivity (Wildman–Crippen MR) is 99.6 cm³/mol. The number of hydrogen-bond donors (Lipinski definition) is 0. The fourth-order valence-electron chi connectivity index (χ4n) is 3.55. The van der Waals surface area contributed by atoms with Gasteiger partial charge in [0, 0.05) is 17.3 Å². The molecule has 4 rings (SSSR count). The van der Waals surface area contributed by atoms with Gasteiger partial charge in [-0.15, -0.1) is 0 Å². The minimum absolute atomic E-state index is 0.289. The molecule has 0 spiro atoms. The van der Waals surface area contributed by atoms with Crippen LogP contribution in [0.5, 0.6) is 0 Å². The van der Waals surface area contributed by atoms with Crippen LogP contribution in [-0.2, 0) is 0 Å². The van der Waals surface area contributed by atoms with Crippen LogP contribution in [0.1, 0.15) is 29.5 Å². The van der Waals surface area contributed by atoms with Gasteiger partial charge in [-0.05, 0) is 35.4 Å². The van der Waals surface area contributed by atoms with Crippen molar-refractivity contribution in [3.63, 3.8) is 0 Å². The lowest BCUT2D eigenvalue weighted by molar-refractivity contribution is 0.891. The quantitative estimate of drug-likeness (QED) is 0.511. The number of nitriles is 1. The Kier molecular flexibility index (Phi) is 3.49. The Morgan fingerprint density at radius 2 is 1.52 bits per heavy atom. The van der Waals surface area contributed by atoms with Crippen LogP contribution in [-0.4, -0.2) is 0 Å². The zero-order valence-corrected chi connectivity index (χ0v) is 13.8. The minimum atomic E-state index is 0.289. The van der Waals surface area contributed by atoms with Crippen molar-refractivity contribution in [2.45, 2.75) is 12.8 Å². The summed E-state index contributed by atoms with van der Waals surface area (Å²) in [5, 5.41) is 9.64. The first-order valence-corrected chi connectivity index (χ1v) is 8.14. The van der Waals surface area contributed by atoms with Crippen molar-refractivity contribution in [2.24, 2.45) is 0 Å². The van der Waals surface area contributed by atoms with Crippen LogP contribution in [0.3, 0.4) is 0 Å². The summed E-state index contributed by atoms with van der Waals surface area (Å²) in [5.74, 6) is 0.289. The summed E-state index contributed by atoms with van der Waals surface area (Å²) in [6.07, 6.45) is 0. The second-order valence-electron chi connectivity index (χ2n) is 6.10. The minimum Gasteiger partial charge on any atom is -0.309 e. The maximum atomic E-state index is 9.64. The van der Waals surface area contributed by atoms with Crippen molar-refractivity contribution >= 4 is 22.7 Å². The van der Waals surface area contributed by atoms with E-state index in [0.29, 0.717) is 11.3 Å². The number of rotatable bonds is 1. The molecule has 0 saturated carbocycles. The maximum absolute atomic E-state index is 9.64. The summed E-state index contributed by atoms with van der Waals surface area (Å²) in [4.78, 5) is 5.58. The molecular weight excluding hydrogens is 306 g/mol. The molecule has 3 aromatic rings. The van der Waals surface area contributed by atoms with Crippen molar-refractivity contribution in [2.75, 3.05) is 4.90 Å². The number of benzene rings is 3. The van der Waals surface area contributed by atoms with E-state index >= 15 is 0 Å². The van der Waals surface area contributed by atoms with Crippen LogP contribution in [0.15, 0.2) is 66.7 Å². The normalized spacial score (nSPS) is 12.7. The lowest BCUT2D eigenvalue weighted by Crippen LogP contribution is -2.21. The Balaban J connectivity index is 2.02. The SMILES string of the molecule is [C-]#[N+]c1ccc(N2c3ccccc3C(C)c3ccccc32)c(C#N)c1. The van der Waals surface area contributed by atoms with Crippen LogP contribution < -0.4 is 4.90 Å². The topological polar surface area (TPSA) is 31.4 Å². The molecule has 0 fully saturated rings.